The maximum Gasteiger partial charge on any atom is 0.237 e. The van der Waals surface area contributed by atoms with Crippen molar-refractivity contribution in [2.45, 2.75) is 38.8 Å². The van der Waals surface area contributed by atoms with E-state index >= 15 is 0 Å². The summed E-state index contributed by atoms with van der Waals surface area (Å²) in [5, 5.41) is 8.88. The van der Waals surface area contributed by atoms with Crippen molar-refractivity contribution in [2.75, 3.05) is 11.9 Å². The summed E-state index contributed by atoms with van der Waals surface area (Å²) >= 11 is 0. The van der Waals surface area contributed by atoms with Crippen LogP contribution in [0.1, 0.15) is 31.7 Å². The number of anilines is 1. The molecule has 0 bridgehead atoms. The lowest BCUT2D eigenvalue weighted by Gasteiger charge is -2.22. The van der Waals surface area contributed by atoms with Crippen molar-refractivity contribution in [1.29, 1.82) is 0 Å². The highest BCUT2D eigenvalue weighted by molar-refractivity contribution is 5.88. The molecule has 1 atom stereocenters. The van der Waals surface area contributed by atoms with Crippen molar-refractivity contribution in [2.24, 2.45) is 0 Å². The van der Waals surface area contributed by atoms with Crippen LogP contribution in [-0.4, -0.2) is 24.4 Å². The van der Waals surface area contributed by atoms with Crippen LogP contribution in [0.5, 0.6) is 0 Å². The van der Waals surface area contributed by atoms with Crippen LogP contribution in [0.2, 0.25) is 0 Å². The molecule has 1 aliphatic rings. The quantitative estimate of drug-likeness (QED) is 0.778. The average Bonchev–Trinajstić information content (AvgIpc) is 2.46. The second-order valence-electron chi connectivity index (χ2n) is 5.10. The lowest BCUT2D eigenvalue weighted by molar-refractivity contribution is -0.123. The topological polar surface area (TPSA) is 70.2 Å². The minimum Gasteiger partial charge on any atom is -0.351 e. The van der Waals surface area contributed by atoms with Gasteiger partial charge in [-0.2, -0.15) is 0 Å². The van der Waals surface area contributed by atoms with Gasteiger partial charge in [0.25, 0.3) is 0 Å². The average molecular weight is 275 g/mol. The standard InChI is InChI=1S/C15H21N3O2/c1-11(19)18-13-7-5-12(6-8-13)10-17-15(20)14-4-2-3-9-16-14/h5-8,14,16H,2-4,9-10H2,1H3,(H,17,20)(H,18,19)/t14-/m0/s1. The largest absolute Gasteiger partial charge is 0.351 e. The fourth-order valence-corrected chi connectivity index (χ4v) is 2.30. The minimum atomic E-state index is -0.0885. The van der Waals surface area contributed by atoms with Gasteiger partial charge < -0.3 is 16.0 Å². The predicted molar refractivity (Wildman–Crippen MR) is 78.2 cm³/mol. The zero-order chi connectivity index (χ0) is 14.4. The highest BCUT2D eigenvalue weighted by Gasteiger charge is 2.19. The van der Waals surface area contributed by atoms with E-state index in [1.165, 1.54) is 6.92 Å². The third-order valence-electron chi connectivity index (χ3n) is 3.37. The van der Waals surface area contributed by atoms with Gasteiger partial charge in [-0.3, -0.25) is 9.59 Å². The summed E-state index contributed by atoms with van der Waals surface area (Å²) in [6.07, 6.45) is 3.16. The molecule has 1 heterocycles. The Bertz CT molecular complexity index is 465. The fourth-order valence-electron chi connectivity index (χ4n) is 2.30. The van der Waals surface area contributed by atoms with Crippen LogP contribution in [0.25, 0.3) is 0 Å². The fraction of sp³-hybridized carbons (Fsp3) is 0.467. The normalized spacial score (nSPS) is 18.4. The van der Waals surface area contributed by atoms with E-state index < -0.39 is 0 Å². The van der Waals surface area contributed by atoms with Gasteiger partial charge >= 0.3 is 0 Å². The second-order valence-corrected chi connectivity index (χ2v) is 5.10. The molecule has 1 fully saturated rings. The second kappa shape index (κ2) is 7.05. The van der Waals surface area contributed by atoms with Gasteiger partial charge in [0.15, 0.2) is 0 Å². The van der Waals surface area contributed by atoms with Crippen molar-refractivity contribution < 1.29 is 9.59 Å². The van der Waals surface area contributed by atoms with Crippen LogP contribution >= 0.6 is 0 Å². The Labute approximate surface area is 119 Å². The van der Waals surface area contributed by atoms with Gasteiger partial charge in [0.1, 0.15) is 0 Å². The molecule has 0 aromatic heterocycles. The molecule has 0 unspecified atom stereocenters. The van der Waals surface area contributed by atoms with Gasteiger partial charge in [0.05, 0.1) is 6.04 Å². The molecule has 1 aromatic carbocycles. The summed E-state index contributed by atoms with van der Waals surface area (Å²) in [4.78, 5) is 22.9. The molecule has 0 saturated carbocycles. The first-order valence-electron chi connectivity index (χ1n) is 7.03. The van der Waals surface area contributed by atoms with Crippen molar-refractivity contribution in [3.8, 4) is 0 Å². The Balaban J connectivity index is 1.81. The van der Waals surface area contributed by atoms with E-state index in [0.717, 1.165) is 37.1 Å². The maximum absolute atomic E-state index is 12.0. The molecule has 1 aliphatic heterocycles. The molecule has 3 N–H and O–H groups in total. The van der Waals surface area contributed by atoms with Crippen molar-refractivity contribution in [3.63, 3.8) is 0 Å². The first kappa shape index (κ1) is 14.5. The van der Waals surface area contributed by atoms with E-state index in [1.54, 1.807) is 0 Å². The van der Waals surface area contributed by atoms with Crippen molar-refractivity contribution >= 4 is 17.5 Å². The SMILES string of the molecule is CC(=O)Nc1ccc(CNC(=O)[C@@H]2CCCCN2)cc1. The summed E-state index contributed by atoms with van der Waals surface area (Å²) in [5.41, 5.74) is 1.78. The Hall–Kier alpha value is -1.88. The number of carbonyl (C=O) groups is 2. The highest BCUT2D eigenvalue weighted by atomic mass is 16.2. The first-order valence-corrected chi connectivity index (χ1v) is 7.03. The van der Waals surface area contributed by atoms with E-state index in [9.17, 15) is 9.59 Å². The molecule has 20 heavy (non-hydrogen) atoms. The van der Waals surface area contributed by atoms with E-state index in [-0.39, 0.29) is 17.9 Å². The van der Waals surface area contributed by atoms with E-state index in [0.29, 0.717) is 6.54 Å². The Morgan fingerprint density at radius 2 is 2.00 bits per heavy atom. The number of rotatable bonds is 4. The molecule has 1 aromatic rings. The zero-order valence-corrected chi connectivity index (χ0v) is 11.7. The Kier molecular flexibility index (Phi) is 5.12. The molecule has 1 saturated heterocycles. The molecular weight excluding hydrogens is 254 g/mol. The van der Waals surface area contributed by atoms with Crippen molar-refractivity contribution in [3.05, 3.63) is 29.8 Å². The summed E-state index contributed by atoms with van der Waals surface area (Å²) < 4.78 is 0. The van der Waals surface area contributed by atoms with Crippen LogP contribution in [0.4, 0.5) is 5.69 Å². The molecule has 0 spiro atoms. The van der Waals surface area contributed by atoms with E-state index in [4.69, 9.17) is 0 Å². The van der Waals surface area contributed by atoms with E-state index in [1.807, 2.05) is 24.3 Å². The number of hydrogen-bond acceptors (Lipinski definition) is 3. The number of amides is 2. The monoisotopic (exact) mass is 275 g/mol. The van der Waals surface area contributed by atoms with Crippen LogP contribution in [0.3, 0.4) is 0 Å². The first-order chi connectivity index (χ1) is 9.65. The molecule has 2 amide bonds. The van der Waals surface area contributed by atoms with Gasteiger partial charge in [-0.25, -0.2) is 0 Å². The number of carbonyl (C=O) groups excluding carboxylic acids is 2. The Morgan fingerprint density at radius 1 is 1.25 bits per heavy atom. The molecule has 0 radical (unpaired) electrons. The highest BCUT2D eigenvalue weighted by Crippen LogP contribution is 2.10. The smallest absolute Gasteiger partial charge is 0.237 e. The zero-order valence-electron chi connectivity index (χ0n) is 11.7. The lowest BCUT2D eigenvalue weighted by Crippen LogP contribution is -2.46. The third kappa shape index (κ3) is 4.35. The van der Waals surface area contributed by atoms with Crippen LogP contribution < -0.4 is 16.0 Å². The van der Waals surface area contributed by atoms with Crippen LogP contribution in [0.15, 0.2) is 24.3 Å². The molecule has 5 nitrogen and oxygen atoms in total. The van der Waals surface area contributed by atoms with Gasteiger partial charge in [-0.15, -0.1) is 0 Å². The number of nitrogens with one attached hydrogen (secondary N) is 3. The summed E-state index contributed by atoms with van der Waals surface area (Å²) in [6, 6.07) is 7.42. The molecule has 2 rings (SSSR count). The summed E-state index contributed by atoms with van der Waals surface area (Å²) in [5.74, 6) is -0.0231. The molecule has 5 heteroatoms. The van der Waals surface area contributed by atoms with Gasteiger partial charge in [-0.1, -0.05) is 18.6 Å². The van der Waals surface area contributed by atoms with Gasteiger partial charge in [0.2, 0.25) is 11.8 Å². The van der Waals surface area contributed by atoms with Crippen molar-refractivity contribution in [1.82, 2.24) is 10.6 Å². The minimum absolute atomic E-state index is 0.0533. The van der Waals surface area contributed by atoms with Gasteiger partial charge in [-0.05, 0) is 37.1 Å². The molecule has 108 valence electrons. The summed E-state index contributed by atoms with van der Waals surface area (Å²) in [7, 11) is 0. The number of benzene rings is 1. The van der Waals surface area contributed by atoms with Crippen LogP contribution in [0, 0.1) is 0 Å². The number of piperidine rings is 1. The maximum atomic E-state index is 12.0. The predicted octanol–water partition coefficient (Wildman–Crippen LogP) is 1.40. The molecular formula is C15H21N3O2. The number of hydrogen-bond donors (Lipinski definition) is 3. The lowest BCUT2D eigenvalue weighted by atomic mass is 10.0. The van der Waals surface area contributed by atoms with Crippen LogP contribution in [-0.2, 0) is 16.1 Å². The Morgan fingerprint density at radius 3 is 2.60 bits per heavy atom. The van der Waals surface area contributed by atoms with E-state index in [2.05, 4.69) is 16.0 Å². The third-order valence-corrected chi connectivity index (χ3v) is 3.37. The van der Waals surface area contributed by atoms with Gasteiger partial charge in [0, 0.05) is 19.2 Å². The summed E-state index contributed by atoms with van der Waals surface area (Å²) in [6.45, 7) is 2.91. The molecule has 0 aliphatic carbocycles.